The molecule has 0 radical (unpaired) electrons. The third-order valence-electron chi connectivity index (χ3n) is 2.62. The van der Waals surface area contributed by atoms with E-state index in [0.29, 0.717) is 0 Å². The minimum Gasteiger partial charge on any atom is -0.494 e. The first-order valence-corrected chi connectivity index (χ1v) is 6.92. The van der Waals surface area contributed by atoms with Crippen molar-refractivity contribution in [1.82, 2.24) is 4.98 Å². The van der Waals surface area contributed by atoms with Gasteiger partial charge in [-0.05, 0) is 43.7 Å². The monoisotopic (exact) mass is 272 g/mol. The molecule has 4 nitrogen and oxygen atoms in total. The number of ether oxygens (including phenoxy) is 2. The summed E-state index contributed by atoms with van der Waals surface area (Å²) >= 11 is 0. The average molecular weight is 272 g/mol. The van der Waals surface area contributed by atoms with E-state index >= 15 is 0 Å². The van der Waals surface area contributed by atoms with Crippen LogP contribution in [0.1, 0.15) is 20.3 Å². The molecule has 1 aromatic carbocycles. The van der Waals surface area contributed by atoms with Crippen molar-refractivity contribution in [1.29, 1.82) is 0 Å². The Labute approximate surface area is 119 Å². The van der Waals surface area contributed by atoms with Gasteiger partial charge in [0.2, 0.25) is 0 Å². The third kappa shape index (κ3) is 4.16. The highest BCUT2D eigenvalue weighted by molar-refractivity contribution is 5.42. The van der Waals surface area contributed by atoms with E-state index in [4.69, 9.17) is 9.47 Å². The van der Waals surface area contributed by atoms with E-state index in [1.54, 1.807) is 6.20 Å². The first-order valence-electron chi connectivity index (χ1n) is 6.92. The number of nitrogens with zero attached hydrogens (tertiary/aromatic N) is 1. The van der Waals surface area contributed by atoms with Crippen molar-refractivity contribution >= 4 is 5.82 Å². The molecule has 2 rings (SSSR count). The van der Waals surface area contributed by atoms with Crippen LogP contribution in [0, 0.1) is 0 Å². The number of anilines is 1. The molecule has 20 heavy (non-hydrogen) atoms. The van der Waals surface area contributed by atoms with Crippen molar-refractivity contribution in [2.75, 3.05) is 18.5 Å². The van der Waals surface area contributed by atoms with Crippen molar-refractivity contribution in [2.45, 2.75) is 20.3 Å². The second kappa shape index (κ2) is 7.38. The van der Waals surface area contributed by atoms with Crippen molar-refractivity contribution < 1.29 is 9.47 Å². The van der Waals surface area contributed by atoms with Gasteiger partial charge in [0, 0.05) is 18.8 Å². The van der Waals surface area contributed by atoms with Crippen LogP contribution < -0.4 is 14.8 Å². The van der Waals surface area contributed by atoms with Gasteiger partial charge in [-0.15, -0.1) is 0 Å². The fourth-order valence-electron chi connectivity index (χ4n) is 1.71. The summed E-state index contributed by atoms with van der Waals surface area (Å²) < 4.78 is 11.3. The topological polar surface area (TPSA) is 43.4 Å². The van der Waals surface area contributed by atoms with Crippen LogP contribution in [0.2, 0.25) is 0 Å². The number of hydrogen-bond donors (Lipinski definition) is 1. The predicted molar refractivity (Wildman–Crippen MR) is 80.7 cm³/mol. The molecule has 1 aromatic heterocycles. The number of pyridine rings is 1. The molecule has 0 saturated carbocycles. The molecule has 0 bridgehead atoms. The number of aromatic nitrogens is 1. The summed E-state index contributed by atoms with van der Waals surface area (Å²) in [6, 6.07) is 11.3. The highest BCUT2D eigenvalue weighted by Gasteiger charge is 2.00. The molecule has 2 aromatic rings. The van der Waals surface area contributed by atoms with Crippen LogP contribution >= 0.6 is 0 Å². The Morgan fingerprint density at radius 3 is 2.45 bits per heavy atom. The third-order valence-corrected chi connectivity index (χ3v) is 2.62. The summed E-state index contributed by atoms with van der Waals surface area (Å²) in [6.45, 7) is 5.68. The van der Waals surface area contributed by atoms with Crippen molar-refractivity contribution in [3.63, 3.8) is 0 Å². The van der Waals surface area contributed by atoms with E-state index in [1.165, 1.54) is 0 Å². The molecular weight excluding hydrogens is 252 g/mol. The van der Waals surface area contributed by atoms with Crippen LogP contribution in [-0.4, -0.2) is 18.1 Å². The number of nitrogens with one attached hydrogen (secondary N) is 1. The first kappa shape index (κ1) is 14.2. The molecule has 0 spiro atoms. The van der Waals surface area contributed by atoms with Gasteiger partial charge in [-0.1, -0.05) is 6.92 Å². The van der Waals surface area contributed by atoms with Crippen molar-refractivity contribution in [3.05, 3.63) is 42.6 Å². The lowest BCUT2D eigenvalue weighted by molar-refractivity contribution is 0.317. The summed E-state index contributed by atoms with van der Waals surface area (Å²) in [5, 5.41) is 3.15. The van der Waals surface area contributed by atoms with E-state index in [-0.39, 0.29) is 0 Å². The van der Waals surface area contributed by atoms with Gasteiger partial charge in [0.15, 0.2) is 0 Å². The number of hydrogen-bond acceptors (Lipinski definition) is 4. The standard InChI is InChI=1S/C16H20N2O2/c1-3-11-19-13-5-7-14(8-6-13)20-15-9-10-18-16(12-15)17-4-2/h5-10,12H,3-4,11H2,1-2H3,(H,17,18). The molecule has 0 aliphatic carbocycles. The molecule has 0 unspecified atom stereocenters. The van der Waals surface area contributed by atoms with Crippen molar-refractivity contribution in [2.24, 2.45) is 0 Å². The Bertz CT molecular complexity index is 526. The van der Waals surface area contributed by atoms with Gasteiger partial charge >= 0.3 is 0 Å². The van der Waals surface area contributed by atoms with Gasteiger partial charge in [-0.3, -0.25) is 0 Å². The molecule has 0 fully saturated rings. The molecule has 1 N–H and O–H groups in total. The maximum Gasteiger partial charge on any atom is 0.132 e. The van der Waals surface area contributed by atoms with Gasteiger partial charge in [0.05, 0.1) is 6.61 Å². The van der Waals surface area contributed by atoms with Crippen LogP contribution in [0.15, 0.2) is 42.6 Å². The van der Waals surface area contributed by atoms with E-state index in [9.17, 15) is 0 Å². The maximum absolute atomic E-state index is 5.79. The number of rotatable bonds is 7. The van der Waals surface area contributed by atoms with E-state index in [0.717, 1.165) is 42.6 Å². The van der Waals surface area contributed by atoms with Crippen LogP contribution in [-0.2, 0) is 0 Å². The van der Waals surface area contributed by atoms with Crippen LogP contribution in [0.4, 0.5) is 5.82 Å². The SMILES string of the molecule is CCCOc1ccc(Oc2ccnc(NCC)c2)cc1. The second-order valence-electron chi connectivity index (χ2n) is 4.33. The maximum atomic E-state index is 5.79. The molecular formula is C16H20N2O2. The molecule has 4 heteroatoms. The summed E-state index contributed by atoms with van der Waals surface area (Å²) in [5.74, 6) is 3.22. The Kier molecular flexibility index (Phi) is 5.24. The van der Waals surface area contributed by atoms with Gasteiger partial charge in [0.25, 0.3) is 0 Å². The smallest absolute Gasteiger partial charge is 0.132 e. The summed E-state index contributed by atoms with van der Waals surface area (Å²) in [7, 11) is 0. The molecule has 0 saturated heterocycles. The van der Waals surface area contributed by atoms with Crippen LogP contribution in [0.25, 0.3) is 0 Å². The Hall–Kier alpha value is -2.23. The van der Waals surface area contributed by atoms with E-state index in [1.807, 2.05) is 43.3 Å². The van der Waals surface area contributed by atoms with Gasteiger partial charge in [-0.25, -0.2) is 4.98 Å². The Morgan fingerprint density at radius 1 is 1.00 bits per heavy atom. The zero-order chi connectivity index (χ0) is 14.2. The predicted octanol–water partition coefficient (Wildman–Crippen LogP) is 4.09. The largest absolute Gasteiger partial charge is 0.494 e. The first-order chi connectivity index (χ1) is 9.81. The lowest BCUT2D eigenvalue weighted by Crippen LogP contribution is -1.98. The van der Waals surface area contributed by atoms with Gasteiger partial charge in [-0.2, -0.15) is 0 Å². The van der Waals surface area contributed by atoms with Crippen molar-refractivity contribution in [3.8, 4) is 17.2 Å². The van der Waals surface area contributed by atoms with E-state index < -0.39 is 0 Å². The van der Waals surface area contributed by atoms with Gasteiger partial charge < -0.3 is 14.8 Å². The minimum atomic E-state index is 0.733. The second-order valence-corrected chi connectivity index (χ2v) is 4.33. The van der Waals surface area contributed by atoms with Crippen LogP contribution in [0.3, 0.4) is 0 Å². The molecule has 0 aliphatic heterocycles. The quantitative estimate of drug-likeness (QED) is 0.824. The fraction of sp³-hybridized carbons (Fsp3) is 0.312. The summed E-state index contributed by atoms with van der Waals surface area (Å²) in [5.41, 5.74) is 0. The zero-order valence-electron chi connectivity index (χ0n) is 11.9. The lowest BCUT2D eigenvalue weighted by atomic mass is 10.3. The zero-order valence-corrected chi connectivity index (χ0v) is 11.9. The highest BCUT2D eigenvalue weighted by atomic mass is 16.5. The molecule has 1 heterocycles. The van der Waals surface area contributed by atoms with Gasteiger partial charge in [0.1, 0.15) is 23.1 Å². The van der Waals surface area contributed by atoms with Crippen LogP contribution in [0.5, 0.6) is 17.2 Å². The van der Waals surface area contributed by atoms with E-state index in [2.05, 4.69) is 17.2 Å². The summed E-state index contributed by atoms with van der Waals surface area (Å²) in [4.78, 5) is 4.21. The molecule has 0 amide bonds. The molecule has 106 valence electrons. The Balaban J connectivity index is 2.00. The average Bonchev–Trinajstić information content (AvgIpc) is 2.47. The molecule has 0 atom stereocenters. The highest BCUT2D eigenvalue weighted by Crippen LogP contribution is 2.25. The minimum absolute atomic E-state index is 0.733. The normalized spacial score (nSPS) is 10.1. The Morgan fingerprint density at radius 2 is 1.75 bits per heavy atom. The lowest BCUT2D eigenvalue weighted by Gasteiger charge is -2.09. The number of benzene rings is 1. The molecule has 0 aliphatic rings. The fourth-order valence-corrected chi connectivity index (χ4v) is 1.71. The summed E-state index contributed by atoms with van der Waals surface area (Å²) in [6.07, 6.45) is 2.73.